The van der Waals surface area contributed by atoms with Gasteiger partial charge in [-0.1, -0.05) is 0 Å². The summed E-state index contributed by atoms with van der Waals surface area (Å²) in [5.74, 6) is 1.66. The molecule has 5 nitrogen and oxygen atoms in total. The van der Waals surface area contributed by atoms with E-state index in [-0.39, 0.29) is 6.04 Å². The molecular weight excluding hydrogens is 306 g/mol. The van der Waals surface area contributed by atoms with Crippen molar-refractivity contribution in [1.82, 2.24) is 5.32 Å². The first-order chi connectivity index (χ1) is 11.4. The van der Waals surface area contributed by atoms with Crippen molar-refractivity contribution >= 4 is 6.09 Å². The van der Waals surface area contributed by atoms with Crippen LogP contribution in [0.25, 0.3) is 0 Å². The van der Waals surface area contributed by atoms with E-state index in [9.17, 15) is 4.79 Å². The van der Waals surface area contributed by atoms with Gasteiger partial charge < -0.3 is 19.5 Å². The topological polar surface area (TPSA) is 56.8 Å². The lowest BCUT2D eigenvalue weighted by atomic mass is 10.0. The maximum Gasteiger partial charge on any atom is 0.408 e. The number of nitrogens with one attached hydrogen (secondary N) is 1. The summed E-state index contributed by atoms with van der Waals surface area (Å²) in [5.41, 5.74) is 0.452. The fraction of sp³-hybridized carbons (Fsp3) is 0.632. The van der Waals surface area contributed by atoms with Crippen LogP contribution in [0.3, 0.4) is 0 Å². The molecule has 1 heterocycles. The summed E-state index contributed by atoms with van der Waals surface area (Å²) in [6.07, 6.45) is 5.34. The summed E-state index contributed by atoms with van der Waals surface area (Å²) in [4.78, 5) is 12.1. The van der Waals surface area contributed by atoms with Gasteiger partial charge in [0.2, 0.25) is 0 Å². The predicted octanol–water partition coefficient (Wildman–Crippen LogP) is 4.36. The average molecular weight is 333 g/mol. The Morgan fingerprint density at radius 2 is 1.96 bits per heavy atom. The van der Waals surface area contributed by atoms with Gasteiger partial charge in [-0.15, -0.1) is 0 Å². The molecule has 132 valence electrons. The highest BCUT2D eigenvalue weighted by molar-refractivity contribution is 5.68. The number of hydrogen-bond acceptors (Lipinski definition) is 4. The van der Waals surface area contributed by atoms with Crippen LogP contribution < -0.4 is 14.8 Å². The van der Waals surface area contributed by atoms with E-state index in [0.717, 1.165) is 36.3 Å². The number of fused-ring (bicyclic) bond motifs is 1. The molecule has 1 aromatic carbocycles. The molecule has 24 heavy (non-hydrogen) atoms. The molecule has 1 fully saturated rings. The SMILES string of the molecule is CC(C)(C)OC(=O)N[C@H]1CCOc2ccc(OC3CCCC3)cc21. The second kappa shape index (κ2) is 6.91. The van der Waals surface area contributed by atoms with Gasteiger partial charge in [-0.25, -0.2) is 4.79 Å². The third-order valence-corrected chi connectivity index (χ3v) is 4.32. The molecule has 0 radical (unpaired) electrons. The number of carbonyl (C=O) groups excluding carboxylic acids is 1. The van der Waals surface area contributed by atoms with E-state index in [4.69, 9.17) is 14.2 Å². The zero-order valence-corrected chi connectivity index (χ0v) is 14.8. The average Bonchev–Trinajstić information content (AvgIpc) is 2.99. The molecule has 0 spiro atoms. The van der Waals surface area contributed by atoms with Crippen LogP contribution in [0.5, 0.6) is 11.5 Å². The summed E-state index contributed by atoms with van der Waals surface area (Å²) >= 11 is 0. The van der Waals surface area contributed by atoms with Gasteiger partial charge in [0.25, 0.3) is 0 Å². The van der Waals surface area contributed by atoms with Crippen LogP contribution in [0, 0.1) is 0 Å². The van der Waals surface area contributed by atoms with Crippen LogP contribution in [0.2, 0.25) is 0 Å². The first kappa shape index (κ1) is 16.9. The first-order valence-electron chi connectivity index (χ1n) is 8.84. The number of rotatable bonds is 3. The summed E-state index contributed by atoms with van der Waals surface area (Å²) in [6.45, 7) is 6.16. The van der Waals surface area contributed by atoms with Crippen molar-refractivity contribution in [2.45, 2.75) is 70.6 Å². The Kier molecular flexibility index (Phi) is 4.88. The number of amides is 1. The molecule has 1 aliphatic heterocycles. The number of benzene rings is 1. The maximum atomic E-state index is 12.1. The third kappa shape index (κ3) is 4.34. The Hall–Kier alpha value is -1.91. The largest absolute Gasteiger partial charge is 0.493 e. The number of carbonyl (C=O) groups is 1. The highest BCUT2D eigenvalue weighted by atomic mass is 16.6. The molecule has 0 saturated heterocycles. The molecule has 2 aliphatic rings. The minimum Gasteiger partial charge on any atom is -0.493 e. The second-order valence-electron chi connectivity index (χ2n) is 7.56. The van der Waals surface area contributed by atoms with Gasteiger partial charge >= 0.3 is 6.09 Å². The smallest absolute Gasteiger partial charge is 0.408 e. The van der Waals surface area contributed by atoms with Crippen LogP contribution >= 0.6 is 0 Å². The van der Waals surface area contributed by atoms with E-state index in [0.29, 0.717) is 12.7 Å². The van der Waals surface area contributed by atoms with E-state index < -0.39 is 11.7 Å². The molecule has 0 unspecified atom stereocenters. The Bertz CT molecular complexity index is 588. The Labute approximate surface area is 143 Å². The van der Waals surface area contributed by atoms with Crippen LogP contribution in [0.4, 0.5) is 4.79 Å². The first-order valence-corrected chi connectivity index (χ1v) is 8.84. The lowest BCUT2D eigenvalue weighted by Crippen LogP contribution is -2.36. The molecule has 1 saturated carbocycles. The summed E-state index contributed by atoms with van der Waals surface area (Å²) in [7, 11) is 0. The van der Waals surface area contributed by atoms with Crippen LogP contribution in [0.1, 0.15) is 64.5 Å². The number of alkyl carbamates (subject to hydrolysis) is 1. The molecule has 1 amide bonds. The van der Waals surface area contributed by atoms with E-state index in [1.165, 1.54) is 12.8 Å². The van der Waals surface area contributed by atoms with Gasteiger partial charge in [-0.05, 0) is 64.7 Å². The van der Waals surface area contributed by atoms with E-state index in [2.05, 4.69) is 5.32 Å². The minimum atomic E-state index is -0.508. The maximum absolute atomic E-state index is 12.1. The lowest BCUT2D eigenvalue weighted by Gasteiger charge is -2.29. The minimum absolute atomic E-state index is 0.115. The van der Waals surface area contributed by atoms with Gasteiger partial charge in [0.15, 0.2) is 0 Å². The lowest BCUT2D eigenvalue weighted by molar-refractivity contribution is 0.0490. The Morgan fingerprint density at radius 3 is 2.67 bits per heavy atom. The van der Waals surface area contributed by atoms with E-state index in [1.807, 2.05) is 39.0 Å². The zero-order valence-electron chi connectivity index (χ0n) is 14.8. The van der Waals surface area contributed by atoms with E-state index >= 15 is 0 Å². The van der Waals surface area contributed by atoms with Crippen molar-refractivity contribution in [3.63, 3.8) is 0 Å². The van der Waals surface area contributed by atoms with Crippen molar-refractivity contribution in [3.05, 3.63) is 23.8 Å². The standard InChI is InChI=1S/C19H27NO4/c1-19(2,3)24-18(21)20-16-10-11-22-17-9-8-14(12-15(16)17)23-13-6-4-5-7-13/h8-9,12-13,16H,4-7,10-11H2,1-3H3,(H,20,21)/t16-/m0/s1. The zero-order chi connectivity index (χ0) is 17.2. The number of ether oxygens (including phenoxy) is 3. The van der Waals surface area contributed by atoms with Crippen LogP contribution in [0.15, 0.2) is 18.2 Å². The van der Waals surface area contributed by atoms with Gasteiger partial charge in [0.1, 0.15) is 17.1 Å². The molecule has 1 aromatic rings. The predicted molar refractivity (Wildman–Crippen MR) is 91.5 cm³/mol. The quantitative estimate of drug-likeness (QED) is 0.893. The van der Waals surface area contributed by atoms with Crippen molar-refractivity contribution in [3.8, 4) is 11.5 Å². The van der Waals surface area contributed by atoms with Crippen molar-refractivity contribution in [2.24, 2.45) is 0 Å². The molecular formula is C19H27NO4. The van der Waals surface area contributed by atoms with Crippen molar-refractivity contribution < 1.29 is 19.0 Å². The highest BCUT2D eigenvalue weighted by Crippen LogP contribution is 2.36. The molecule has 3 rings (SSSR count). The Balaban J connectivity index is 1.71. The summed E-state index contributed by atoms with van der Waals surface area (Å²) in [5, 5.41) is 2.96. The number of hydrogen-bond donors (Lipinski definition) is 1. The van der Waals surface area contributed by atoms with Gasteiger partial charge in [-0.2, -0.15) is 0 Å². The molecule has 5 heteroatoms. The second-order valence-corrected chi connectivity index (χ2v) is 7.56. The molecule has 1 aliphatic carbocycles. The van der Waals surface area contributed by atoms with Gasteiger partial charge in [-0.3, -0.25) is 0 Å². The van der Waals surface area contributed by atoms with Crippen LogP contribution in [-0.4, -0.2) is 24.4 Å². The van der Waals surface area contributed by atoms with Crippen molar-refractivity contribution in [1.29, 1.82) is 0 Å². The van der Waals surface area contributed by atoms with Crippen molar-refractivity contribution in [2.75, 3.05) is 6.61 Å². The fourth-order valence-electron chi connectivity index (χ4n) is 3.24. The Morgan fingerprint density at radius 1 is 1.21 bits per heavy atom. The van der Waals surface area contributed by atoms with Gasteiger partial charge in [0.05, 0.1) is 18.8 Å². The molecule has 1 atom stereocenters. The molecule has 0 bridgehead atoms. The van der Waals surface area contributed by atoms with E-state index in [1.54, 1.807) is 0 Å². The highest BCUT2D eigenvalue weighted by Gasteiger charge is 2.26. The van der Waals surface area contributed by atoms with Gasteiger partial charge in [0, 0.05) is 12.0 Å². The van der Waals surface area contributed by atoms with Crippen LogP contribution in [-0.2, 0) is 4.74 Å². The fourth-order valence-corrected chi connectivity index (χ4v) is 3.24. The summed E-state index contributed by atoms with van der Waals surface area (Å²) < 4.78 is 17.2. The molecule has 1 N–H and O–H groups in total. The monoisotopic (exact) mass is 333 g/mol. The summed E-state index contributed by atoms with van der Waals surface area (Å²) in [6, 6.07) is 5.76. The third-order valence-electron chi connectivity index (χ3n) is 4.32. The molecule has 0 aromatic heterocycles. The normalized spacial score (nSPS) is 20.9.